The van der Waals surface area contributed by atoms with Crippen molar-refractivity contribution in [2.45, 2.75) is 58.7 Å². The summed E-state index contributed by atoms with van der Waals surface area (Å²) in [4.78, 5) is 41.6. The van der Waals surface area contributed by atoms with Crippen molar-refractivity contribution in [2.75, 3.05) is 19.0 Å². The summed E-state index contributed by atoms with van der Waals surface area (Å²) in [5, 5.41) is 15.4. The van der Waals surface area contributed by atoms with Crippen LogP contribution >= 0.6 is 0 Å². The standard InChI is InChI=1S/C29H39N3O6/c1-8-17-32(27(35)24(18-19(2)3)31-28(36)38-29(4,5)6)25(20-9-13-22(33)14-10-20)26(34)30-21-11-15-23(37-7)16-12-21/h8-16,19,24-25,33H,1,17-18H2,2-7H3,(H,30,34)(H,31,36). The van der Waals surface area contributed by atoms with Gasteiger partial charge in [-0.2, -0.15) is 0 Å². The van der Waals surface area contributed by atoms with Crippen molar-refractivity contribution < 1.29 is 29.0 Å². The van der Waals surface area contributed by atoms with Crippen LogP contribution in [0.5, 0.6) is 11.5 Å². The normalized spacial score (nSPS) is 12.7. The maximum Gasteiger partial charge on any atom is 0.408 e. The zero-order chi connectivity index (χ0) is 28.5. The molecule has 0 aliphatic heterocycles. The van der Waals surface area contributed by atoms with E-state index in [4.69, 9.17) is 9.47 Å². The van der Waals surface area contributed by atoms with Crippen LogP contribution in [-0.2, 0) is 14.3 Å². The topological polar surface area (TPSA) is 117 Å². The molecule has 2 rings (SSSR count). The minimum atomic E-state index is -1.08. The Labute approximate surface area is 224 Å². The molecule has 9 heteroatoms. The molecule has 0 aromatic heterocycles. The number of anilines is 1. The number of phenols is 1. The molecule has 3 amide bonds. The van der Waals surface area contributed by atoms with Crippen LogP contribution in [0.15, 0.2) is 61.2 Å². The van der Waals surface area contributed by atoms with Crippen molar-refractivity contribution in [2.24, 2.45) is 5.92 Å². The van der Waals surface area contributed by atoms with Gasteiger partial charge in [0.25, 0.3) is 5.91 Å². The number of rotatable bonds is 11. The number of alkyl carbamates (subject to hydrolysis) is 1. The first-order valence-corrected chi connectivity index (χ1v) is 12.5. The number of carbonyl (C=O) groups excluding carboxylic acids is 3. The largest absolute Gasteiger partial charge is 0.508 e. The number of nitrogens with one attached hydrogen (secondary N) is 2. The highest BCUT2D eigenvalue weighted by molar-refractivity contribution is 5.99. The molecule has 38 heavy (non-hydrogen) atoms. The van der Waals surface area contributed by atoms with Crippen molar-refractivity contribution in [1.29, 1.82) is 0 Å². The second-order valence-corrected chi connectivity index (χ2v) is 10.3. The lowest BCUT2D eigenvalue weighted by molar-refractivity contribution is -0.140. The summed E-state index contributed by atoms with van der Waals surface area (Å²) in [6.45, 7) is 12.9. The third-order valence-corrected chi connectivity index (χ3v) is 5.43. The highest BCUT2D eigenvalue weighted by Crippen LogP contribution is 2.27. The van der Waals surface area contributed by atoms with Crippen LogP contribution in [0, 0.1) is 5.92 Å². The third kappa shape index (κ3) is 9.14. The molecule has 3 N–H and O–H groups in total. The predicted molar refractivity (Wildman–Crippen MR) is 147 cm³/mol. The summed E-state index contributed by atoms with van der Waals surface area (Å²) in [5.41, 5.74) is 0.240. The summed E-state index contributed by atoms with van der Waals surface area (Å²) >= 11 is 0. The molecule has 0 fully saturated rings. The lowest BCUT2D eigenvalue weighted by Gasteiger charge is -2.34. The smallest absolute Gasteiger partial charge is 0.408 e. The van der Waals surface area contributed by atoms with Crippen LogP contribution < -0.4 is 15.4 Å². The van der Waals surface area contributed by atoms with Gasteiger partial charge in [-0.05, 0) is 75.1 Å². The first kappa shape index (κ1) is 30.2. The molecule has 0 saturated carbocycles. The summed E-state index contributed by atoms with van der Waals surface area (Å²) < 4.78 is 10.6. The maximum absolute atomic E-state index is 14.0. The molecule has 9 nitrogen and oxygen atoms in total. The number of carbonyl (C=O) groups is 3. The van der Waals surface area contributed by atoms with E-state index in [1.807, 2.05) is 13.8 Å². The van der Waals surface area contributed by atoms with Gasteiger partial charge in [0.05, 0.1) is 7.11 Å². The first-order valence-electron chi connectivity index (χ1n) is 12.5. The van der Waals surface area contributed by atoms with Crippen molar-refractivity contribution in [3.63, 3.8) is 0 Å². The SMILES string of the molecule is C=CCN(C(=O)C(CC(C)C)NC(=O)OC(C)(C)C)C(C(=O)Nc1ccc(OC)cc1)c1ccc(O)cc1. The fourth-order valence-corrected chi connectivity index (χ4v) is 3.82. The Hall–Kier alpha value is -4.01. The van der Waals surface area contributed by atoms with Gasteiger partial charge in [-0.1, -0.05) is 32.1 Å². The lowest BCUT2D eigenvalue weighted by Crippen LogP contribution is -2.52. The number of amides is 3. The minimum Gasteiger partial charge on any atom is -0.508 e. The Bertz CT molecular complexity index is 1090. The van der Waals surface area contributed by atoms with E-state index in [9.17, 15) is 19.5 Å². The monoisotopic (exact) mass is 525 g/mol. The average Bonchev–Trinajstić information content (AvgIpc) is 2.83. The molecule has 0 aliphatic rings. The van der Waals surface area contributed by atoms with E-state index in [-0.39, 0.29) is 18.2 Å². The quantitative estimate of drug-likeness (QED) is 0.354. The molecule has 2 aromatic rings. The first-order chi connectivity index (χ1) is 17.8. The van der Waals surface area contributed by atoms with Crippen molar-refractivity contribution in [3.05, 3.63) is 66.7 Å². The molecule has 2 unspecified atom stereocenters. The van der Waals surface area contributed by atoms with Gasteiger partial charge in [0.15, 0.2) is 0 Å². The molecule has 0 aliphatic carbocycles. The summed E-state index contributed by atoms with van der Waals surface area (Å²) in [6.07, 6.45) is 1.12. The van der Waals surface area contributed by atoms with Gasteiger partial charge >= 0.3 is 6.09 Å². The highest BCUT2D eigenvalue weighted by Gasteiger charge is 2.36. The molecular weight excluding hydrogens is 486 g/mol. The maximum atomic E-state index is 14.0. The molecular formula is C29H39N3O6. The Morgan fingerprint density at radius 3 is 2.16 bits per heavy atom. The Balaban J connectivity index is 2.47. The Morgan fingerprint density at radius 2 is 1.66 bits per heavy atom. The zero-order valence-corrected chi connectivity index (χ0v) is 23.0. The molecule has 0 saturated heterocycles. The van der Waals surface area contributed by atoms with Gasteiger partial charge in [-0.15, -0.1) is 6.58 Å². The van der Waals surface area contributed by atoms with Crippen LogP contribution in [0.4, 0.5) is 10.5 Å². The zero-order valence-electron chi connectivity index (χ0n) is 23.0. The number of phenolic OH excluding ortho intramolecular Hbond substituents is 1. The number of hydrogen-bond donors (Lipinski definition) is 3. The van der Waals surface area contributed by atoms with E-state index in [0.29, 0.717) is 23.4 Å². The summed E-state index contributed by atoms with van der Waals surface area (Å²) in [5.74, 6) is -0.228. The van der Waals surface area contributed by atoms with Crippen LogP contribution in [0.1, 0.15) is 52.6 Å². The predicted octanol–water partition coefficient (Wildman–Crippen LogP) is 5.03. The van der Waals surface area contributed by atoms with Crippen LogP contribution in [0.2, 0.25) is 0 Å². The molecule has 206 valence electrons. The Kier molecular flexibility index (Phi) is 10.7. The molecule has 0 heterocycles. The van der Waals surface area contributed by atoms with E-state index < -0.39 is 35.6 Å². The number of hydrogen-bond acceptors (Lipinski definition) is 6. The molecule has 2 aromatic carbocycles. The fraction of sp³-hybridized carbons (Fsp3) is 0.414. The second-order valence-electron chi connectivity index (χ2n) is 10.3. The van der Waals surface area contributed by atoms with Crippen molar-refractivity contribution >= 4 is 23.6 Å². The van der Waals surface area contributed by atoms with E-state index in [1.165, 1.54) is 23.1 Å². The summed E-state index contributed by atoms with van der Waals surface area (Å²) in [6, 6.07) is 10.8. The van der Waals surface area contributed by atoms with Gasteiger partial charge in [-0.25, -0.2) is 4.79 Å². The van der Waals surface area contributed by atoms with E-state index in [1.54, 1.807) is 64.3 Å². The number of benzene rings is 2. The molecule has 0 radical (unpaired) electrons. The van der Waals surface area contributed by atoms with Crippen LogP contribution in [-0.4, -0.2) is 53.2 Å². The van der Waals surface area contributed by atoms with Gasteiger partial charge in [0.2, 0.25) is 5.91 Å². The van der Waals surface area contributed by atoms with E-state index in [2.05, 4.69) is 17.2 Å². The van der Waals surface area contributed by atoms with Gasteiger partial charge < -0.3 is 30.1 Å². The lowest BCUT2D eigenvalue weighted by atomic mass is 9.99. The second kappa shape index (κ2) is 13.5. The fourth-order valence-electron chi connectivity index (χ4n) is 3.82. The average molecular weight is 526 g/mol. The van der Waals surface area contributed by atoms with Gasteiger partial charge in [-0.3, -0.25) is 9.59 Å². The number of aromatic hydroxyl groups is 1. The third-order valence-electron chi connectivity index (χ3n) is 5.43. The van der Waals surface area contributed by atoms with E-state index >= 15 is 0 Å². The summed E-state index contributed by atoms with van der Waals surface area (Å²) in [7, 11) is 1.55. The molecule has 2 atom stereocenters. The molecule has 0 spiro atoms. The van der Waals surface area contributed by atoms with Crippen molar-refractivity contribution in [1.82, 2.24) is 10.2 Å². The van der Waals surface area contributed by atoms with Gasteiger partial charge in [0.1, 0.15) is 29.2 Å². The number of ether oxygens (including phenoxy) is 2. The van der Waals surface area contributed by atoms with Crippen LogP contribution in [0.25, 0.3) is 0 Å². The Morgan fingerprint density at radius 1 is 1.05 bits per heavy atom. The minimum absolute atomic E-state index is 0.0222. The van der Waals surface area contributed by atoms with Crippen molar-refractivity contribution in [3.8, 4) is 11.5 Å². The molecule has 0 bridgehead atoms. The highest BCUT2D eigenvalue weighted by atomic mass is 16.6. The van der Waals surface area contributed by atoms with Crippen LogP contribution in [0.3, 0.4) is 0 Å². The van der Waals surface area contributed by atoms with E-state index in [0.717, 1.165) is 0 Å². The number of nitrogens with zero attached hydrogens (tertiary/aromatic N) is 1. The van der Waals surface area contributed by atoms with Gasteiger partial charge in [0, 0.05) is 12.2 Å². The number of methoxy groups -OCH3 is 1.